The van der Waals surface area contributed by atoms with E-state index in [9.17, 15) is 20.1 Å². The molecule has 186 valence electrons. The molecule has 0 spiro atoms. The van der Waals surface area contributed by atoms with Crippen LogP contribution in [0.1, 0.15) is 50.0 Å². The summed E-state index contributed by atoms with van der Waals surface area (Å²) in [4.78, 5) is 11.8. The van der Waals surface area contributed by atoms with Crippen LogP contribution in [0.15, 0.2) is 29.4 Å². The van der Waals surface area contributed by atoms with Crippen LogP contribution in [0.2, 0.25) is 0 Å². The smallest absolute Gasteiger partial charge is 0.217 e. The summed E-state index contributed by atoms with van der Waals surface area (Å²) in [6, 6.07) is 7.12. The Morgan fingerprint density at radius 3 is 2.56 bits per heavy atom. The van der Waals surface area contributed by atoms with Crippen LogP contribution >= 0.6 is 11.8 Å². The molecule has 0 radical (unpaired) electrons. The summed E-state index contributed by atoms with van der Waals surface area (Å²) in [6.07, 6.45) is 0.581. The lowest BCUT2D eigenvalue weighted by Crippen LogP contribution is -2.63. The van der Waals surface area contributed by atoms with E-state index in [2.05, 4.69) is 20.1 Å². The maximum absolute atomic E-state index is 11.8. The summed E-state index contributed by atoms with van der Waals surface area (Å²) < 4.78 is 13.9. The standard InChI is InChI=1S/C23H32N4O6S/c1-13-7-9-16(10-8-13)32-12-18-25-26-23(27(18)15-5-3-4-6-15)34-22-19(24-14(2)29)21(31)20(30)17(11-28)33-22/h7-10,15,17,19-22,28,30-31H,3-6,11-12H2,1-2H3,(H,24,29)/t17-,19-,20-,21-,22+/m1/s1. The fourth-order valence-corrected chi connectivity index (χ4v) is 5.71. The number of thioether (sulfide) groups is 1. The molecule has 5 atom stereocenters. The molecule has 1 aromatic heterocycles. The number of hydrogen-bond acceptors (Lipinski definition) is 9. The van der Waals surface area contributed by atoms with Gasteiger partial charge in [0.25, 0.3) is 0 Å². The molecule has 1 saturated carbocycles. The average molecular weight is 493 g/mol. The van der Waals surface area contributed by atoms with Crippen molar-refractivity contribution in [2.24, 2.45) is 0 Å². The van der Waals surface area contributed by atoms with Crippen LogP contribution in [-0.4, -0.2) is 72.4 Å². The van der Waals surface area contributed by atoms with Gasteiger partial charge in [0.05, 0.1) is 12.6 Å². The zero-order valence-electron chi connectivity index (χ0n) is 19.3. The SMILES string of the molecule is CC(=O)N[C@@H]1[C@@H](O)[C@H](O)[C@@H](CO)O[C@H]1Sc1nnc(COc2ccc(C)cc2)n1C1CCCC1. The van der Waals surface area contributed by atoms with Crippen LogP contribution < -0.4 is 10.1 Å². The first kappa shape index (κ1) is 24.9. The summed E-state index contributed by atoms with van der Waals surface area (Å²) in [5.74, 6) is 1.06. The molecule has 4 N–H and O–H groups in total. The van der Waals surface area contributed by atoms with E-state index in [-0.39, 0.29) is 18.6 Å². The number of amides is 1. The monoisotopic (exact) mass is 492 g/mol. The van der Waals surface area contributed by atoms with Gasteiger partial charge in [0, 0.05) is 13.0 Å². The fraction of sp³-hybridized carbons (Fsp3) is 0.609. The number of benzene rings is 1. The topological polar surface area (TPSA) is 139 Å². The van der Waals surface area contributed by atoms with Gasteiger partial charge in [-0.2, -0.15) is 0 Å². The first-order valence-electron chi connectivity index (χ1n) is 11.6. The minimum absolute atomic E-state index is 0.209. The highest BCUT2D eigenvalue weighted by Gasteiger charge is 2.46. The van der Waals surface area contributed by atoms with Crippen LogP contribution in [-0.2, 0) is 16.1 Å². The maximum Gasteiger partial charge on any atom is 0.217 e. The summed E-state index contributed by atoms with van der Waals surface area (Å²) in [6.45, 7) is 3.13. The minimum atomic E-state index is -1.33. The van der Waals surface area contributed by atoms with Crippen LogP contribution in [0.4, 0.5) is 0 Å². The number of nitrogens with one attached hydrogen (secondary N) is 1. The van der Waals surface area contributed by atoms with Crippen molar-refractivity contribution in [3.63, 3.8) is 0 Å². The molecule has 2 heterocycles. The third-order valence-corrected chi connectivity index (χ3v) is 7.41. The lowest BCUT2D eigenvalue weighted by molar-refractivity contribution is -0.173. The number of aliphatic hydroxyl groups excluding tert-OH is 3. The molecular weight excluding hydrogens is 460 g/mol. The first-order valence-corrected chi connectivity index (χ1v) is 12.4. The number of carbonyl (C=O) groups is 1. The first-order chi connectivity index (χ1) is 16.4. The summed E-state index contributed by atoms with van der Waals surface area (Å²) in [5, 5.41) is 42.5. The molecule has 1 aliphatic carbocycles. The molecule has 2 aromatic rings. The lowest BCUT2D eigenvalue weighted by Gasteiger charge is -2.42. The fourth-order valence-electron chi connectivity index (χ4n) is 4.47. The normalized spacial score (nSPS) is 27.6. The molecular formula is C23H32N4O6S. The molecule has 0 bridgehead atoms. The van der Waals surface area contributed by atoms with Gasteiger partial charge in [-0.1, -0.05) is 42.3 Å². The highest BCUT2D eigenvalue weighted by molar-refractivity contribution is 7.99. The summed E-state index contributed by atoms with van der Waals surface area (Å²) in [5.41, 5.74) is 0.365. The molecule has 4 rings (SSSR count). The number of aryl methyl sites for hydroxylation is 1. The molecule has 11 heteroatoms. The van der Waals surface area contributed by atoms with Gasteiger partial charge < -0.3 is 30.1 Å². The Morgan fingerprint density at radius 2 is 1.91 bits per heavy atom. The van der Waals surface area contributed by atoms with Gasteiger partial charge in [0.1, 0.15) is 36.1 Å². The number of aromatic nitrogens is 3. The zero-order valence-corrected chi connectivity index (χ0v) is 20.1. The molecule has 1 amide bonds. The van der Waals surface area contributed by atoms with Crippen molar-refractivity contribution in [1.29, 1.82) is 0 Å². The van der Waals surface area contributed by atoms with E-state index in [1.165, 1.54) is 18.7 Å². The predicted molar refractivity (Wildman–Crippen MR) is 124 cm³/mol. The van der Waals surface area contributed by atoms with Crippen LogP contribution in [0.3, 0.4) is 0 Å². The molecule has 2 aliphatic rings. The maximum atomic E-state index is 11.8. The van der Waals surface area contributed by atoms with E-state index in [1.807, 2.05) is 31.2 Å². The Labute approximate surface area is 202 Å². The number of hydrogen-bond donors (Lipinski definition) is 4. The predicted octanol–water partition coefficient (Wildman–Crippen LogP) is 1.32. The van der Waals surface area contributed by atoms with E-state index >= 15 is 0 Å². The number of rotatable bonds is 8. The van der Waals surface area contributed by atoms with Gasteiger partial charge in [-0.3, -0.25) is 9.36 Å². The van der Waals surface area contributed by atoms with Crippen molar-refractivity contribution in [2.45, 2.75) is 87.1 Å². The van der Waals surface area contributed by atoms with Crippen molar-refractivity contribution < 1.29 is 29.6 Å². The third kappa shape index (κ3) is 5.55. The second-order valence-corrected chi connectivity index (χ2v) is 9.93. The Balaban J connectivity index is 1.58. The van der Waals surface area contributed by atoms with Crippen LogP contribution in [0, 0.1) is 6.92 Å². The zero-order chi connectivity index (χ0) is 24.2. The Kier molecular flexibility index (Phi) is 8.10. The van der Waals surface area contributed by atoms with Crippen LogP contribution in [0.25, 0.3) is 0 Å². The highest BCUT2D eigenvalue weighted by Crippen LogP contribution is 2.38. The quantitative estimate of drug-likeness (QED) is 0.430. The molecule has 10 nitrogen and oxygen atoms in total. The molecule has 2 fully saturated rings. The van der Waals surface area contributed by atoms with Gasteiger partial charge in [-0.15, -0.1) is 10.2 Å². The van der Waals surface area contributed by atoms with Crippen molar-refractivity contribution >= 4 is 17.7 Å². The number of aliphatic hydroxyl groups is 3. The van der Waals surface area contributed by atoms with E-state index in [0.717, 1.165) is 37.0 Å². The molecule has 0 unspecified atom stereocenters. The molecule has 1 aromatic carbocycles. The van der Waals surface area contributed by atoms with Crippen LogP contribution in [0.5, 0.6) is 5.75 Å². The average Bonchev–Trinajstić information content (AvgIpc) is 3.48. The van der Waals surface area contributed by atoms with E-state index in [4.69, 9.17) is 9.47 Å². The number of carbonyl (C=O) groups excluding carboxylic acids is 1. The van der Waals surface area contributed by atoms with Gasteiger partial charge in [0.15, 0.2) is 11.0 Å². The third-order valence-electron chi connectivity index (χ3n) is 6.29. The van der Waals surface area contributed by atoms with Gasteiger partial charge in [0.2, 0.25) is 5.91 Å². The summed E-state index contributed by atoms with van der Waals surface area (Å²) >= 11 is 1.21. The van der Waals surface area contributed by atoms with Crippen molar-refractivity contribution in [3.05, 3.63) is 35.7 Å². The Morgan fingerprint density at radius 1 is 1.21 bits per heavy atom. The van der Waals surface area contributed by atoms with E-state index < -0.39 is 36.4 Å². The number of ether oxygens (including phenoxy) is 2. The van der Waals surface area contributed by atoms with Gasteiger partial charge in [-0.05, 0) is 31.9 Å². The van der Waals surface area contributed by atoms with Crippen molar-refractivity contribution in [1.82, 2.24) is 20.1 Å². The Hall–Kier alpha value is -2.18. The van der Waals surface area contributed by atoms with Crippen molar-refractivity contribution in [3.8, 4) is 5.75 Å². The molecule has 1 aliphatic heterocycles. The Bertz CT molecular complexity index is 965. The minimum Gasteiger partial charge on any atom is -0.486 e. The highest BCUT2D eigenvalue weighted by atomic mass is 32.2. The molecule has 34 heavy (non-hydrogen) atoms. The van der Waals surface area contributed by atoms with E-state index in [0.29, 0.717) is 11.0 Å². The lowest BCUT2D eigenvalue weighted by atomic mass is 9.98. The number of nitrogens with zero attached hydrogens (tertiary/aromatic N) is 3. The second kappa shape index (κ2) is 11.0. The van der Waals surface area contributed by atoms with E-state index in [1.54, 1.807) is 0 Å². The summed E-state index contributed by atoms with van der Waals surface area (Å²) in [7, 11) is 0. The van der Waals surface area contributed by atoms with Gasteiger partial charge in [-0.25, -0.2) is 0 Å². The van der Waals surface area contributed by atoms with Crippen molar-refractivity contribution in [2.75, 3.05) is 6.61 Å². The second-order valence-electron chi connectivity index (χ2n) is 8.86. The van der Waals surface area contributed by atoms with Gasteiger partial charge >= 0.3 is 0 Å². The molecule has 1 saturated heterocycles. The largest absolute Gasteiger partial charge is 0.486 e.